The highest BCUT2D eigenvalue weighted by Crippen LogP contribution is 2.35. The Kier molecular flexibility index (Phi) is 5.13. The largest absolute Gasteiger partial charge is 0.467 e. The van der Waals surface area contributed by atoms with Crippen molar-refractivity contribution in [3.05, 3.63) is 53.5 Å². The average Bonchev–Trinajstić information content (AvgIpc) is 3.12. The van der Waals surface area contributed by atoms with E-state index >= 15 is 0 Å². The van der Waals surface area contributed by atoms with Gasteiger partial charge in [-0.15, -0.1) is 0 Å². The van der Waals surface area contributed by atoms with Gasteiger partial charge in [-0.25, -0.2) is 0 Å². The summed E-state index contributed by atoms with van der Waals surface area (Å²) < 4.78 is 48.2. The van der Waals surface area contributed by atoms with E-state index in [1.807, 2.05) is 30.3 Å². The number of ether oxygens (including phenoxy) is 1. The first-order chi connectivity index (χ1) is 12.0. The Labute approximate surface area is 144 Å². The molecule has 1 aliphatic heterocycles. The number of anilines is 1. The molecule has 2 aromatic rings. The van der Waals surface area contributed by atoms with Crippen LogP contribution < -0.4 is 15.0 Å². The molecule has 25 heavy (non-hydrogen) atoms. The third-order valence-electron chi connectivity index (χ3n) is 4.32. The van der Waals surface area contributed by atoms with Crippen LogP contribution in [-0.4, -0.2) is 32.2 Å². The molecule has 1 fully saturated rings. The van der Waals surface area contributed by atoms with Gasteiger partial charge in [0.15, 0.2) is 0 Å². The van der Waals surface area contributed by atoms with Crippen LogP contribution in [-0.2, 0) is 0 Å². The Balaban J connectivity index is 2.00. The van der Waals surface area contributed by atoms with Gasteiger partial charge in [-0.2, -0.15) is 18.2 Å². The zero-order chi connectivity index (χ0) is 18.0. The van der Waals surface area contributed by atoms with Crippen molar-refractivity contribution < 1.29 is 17.9 Å². The summed E-state index contributed by atoms with van der Waals surface area (Å²) >= 11 is 0. The molecule has 1 unspecified atom stereocenters. The van der Waals surface area contributed by atoms with E-state index in [-0.39, 0.29) is 5.92 Å². The molecule has 0 saturated carbocycles. The molecule has 3 rings (SSSR count). The molecule has 0 radical (unpaired) electrons. The van der Waals surface area contributed by atoms with E-state index in [9.17, 15) is 13.2 Å². The highest BCUT2D eigenvalue weighted by molar-refractivity contribution is 5.50. The van der Waals surface area contributed by atoms with Gasteiger partial charge in [-0.05, 0) is 18.5 Å². The zero-order valence-electron chi connectivity index (χ0n) is 14.1. The first kappa shape index (κ1) is 17.5. The van der Waals surface area contributed by atoms with Crippen LogP contribution >= 0.6 is 0 Å². The van der Waals surface area contributed by atoms with E-state index in [4.69, 9.17) is 4.74 Å². The van der Waals surface area contributed by atoms with E-state index in [0.29, 0.717) is 6.54 Å². The first-order valence-electron chi connectivity index (χ1n) is 8.13. The number of hydrogen-bond donors (Lipinski definition) is 1. The van der Waals surface area contributed by atoms with Crippen molar-refractivity contribution >= 4 is 5.69 Å². The number of pyridine rings is 1. The third kappa shape index (κ3) is 3.56. The third-order valence-corrected chi connectivity index (χ3v) is 4.32. The predicted molar refractivity (Wildman–Crippen MR) is 89.2 cm³/mol. The second kappa shape index (κ2) is 7.31. The van der Waals surface area contributed by atoms with Gasteiger partial charge in [0.1, 0.15) is 11.8 Å². The maximum absolute atomic E-state index is 14.7. The molecular formula is C18H20F3N3O. The van der Waals surface area contributed by atoms with Crippen LogP contribution in [0.3, 0.4) is 0 Å². The van der Waals surface area contributed by atoms with E-state index in [1.165, 1.54) is 14.1 Å². The standard InChI is InChI=1S/C18H20F3N3O/c1-24(2)15-13(19)17(21)23-18(14(15)20)25-16(12-8-9-22-10-12)11-6-4-3-5-7-11/h3-7,12,16,22H,8-10H2,1-2H3/t12-,16?/m0/s1. The minimum absolute atomic E-state index is 0.0829. The fourth-order valence-electron chi connectivity index (χ4n) is 3.09. The van der Waals surface area contributed by atoms with Gasteiger partial charge in [0.2, 0.25) is 11.6 Å². The number of nitrogens with zero attached hydrogens (tertiary/aromatic N) is 2. The summed E-state index contributed by atoms with van der Waals surface area (Å²) in [6, 6.07) is 9.32. The molecule has 4 nitrogen and oxygen atoms in total. The Morgan fingerprint density at radius 3 is 2.48 bits per heavy atom. The van der Waals surface area contributed by atoms with Gasteiger partial charge < -0.3 is 15.0 Å². The normalized spacial score (nSPS) is 18.2. The summed E-state index contributed by atoms with van der Waals surface area (Å²) in [6.07, 6.45) is 0.337. The monoisotopic (exact) mass is 351 g/mol. The van der Waals surface area contributed by atoms with Gasteiger partial charge in [-0.3, -0.25) is 0 Å². The van der Waals surface area contributed by atoms with E-state index in [1.54, 1.807) is 0 Å². The SMILES string of the molecule is CN(C)c1c(F)c(F)nc(OC(c2ccccc2)[C@H]2CCNC2)c1F. The van der Waals surface area contributed by atoms with E-state index < -0.39 is 35.3 Å². The first-order valence-corrected chi connectivity index (χ1v) is 8.13. The number of nitrogens with one attached hydrogen (secondary N) is 1. The Morgan fingerprint density at radius 2 is 1.88 bits per heavy atom. The fraction of sp³-hybridized carbons (Fsp3) is 0.389. The second-order valence-corrected chi connectivity index (χ2v) is 6.28. The Bertz CT molecular complexity index is 734. The molecule has 1 N–H and O–H groups in total. The van der Waals surface area contributed by atoms with Crippen molar-refractivity contribution in [1.29, 1.82) is 0 Å². The van der Waals surface area contributed by atoms with Crippen molar-refractivity contribution in [2.24, 2.45) is 5.92 Å². The summed E-state index contributed by atoms with van der Waals surface area (Å²) in [5.74, 6) is -4.15. The Morgan fingerprint density at radius 1 is 1.16 bits per heavy atom. The van der Waals surface area contributed by atoms with Crippen LogP contribution in [0.15, 0.2) is 30.3 Å². The second-order valence-electron chi connectivity index (χ2n) is 6.28. The molecule has 0 spiro atoms. The molecule has 1 aromatic heterocycles. The van der Waals surface area contributed by atoms with Gasteiger partial charge in [0.05, 0.1) is 0 Å². The lowest BCUT2D eigenvalue weighted by Gasteiger charge is -2.25. The fourth-order valence-corrected chi connectivity index (χ4v) is 3.09. The predicted octanol–water partition coefficient (Wildman–Crippen LogP) is 3.29. The maximum Gasteiger partial charge on any atom is 0.256 e. The van der Waals surface area contributed by atoms with Crippen molar-refractivity contribution in [1.82, 2.24) is 10.3 Å². The van der Waals surface area contributed by atoms with E-state index in [2.05, 4.69) is 10.3 Å². The minimum atomic E-state index is -1.38. The molecule has 1 aromatic carbocycles. The van der Waals surface area contributed by atoms with Crippen molar-refractivity contribution in [3.63, 3.8) is 0 Å². The molecule has 0 aliphatic carbocycles. The number of halogens is 3. The molecule has 1 saturated heterocycles. The van der Waals surface area contributed by atoms with Crippen LogP contribution in [0.25, 0.3) is 0 Å². The zero-order valence-corrected chi connectivity index (χ0v) is 14.1. The van der Waals surface area contributed by atoms with Crippen LogP contribution in [0.1, 0.15) is 18.1 Å². The molecular weight excluding hydrogens is 331 g/mol. The lowest BCUT2D eigenvalue weighted by atomic mass is 9.95. The molecule has 2 heterocycles. The molecule has 7 heteroatoms. The van der Waals surface area contributed by atoms with Crippen molar-refractivity contribution in [2.75, 3.05) is 32.1 Å². The summed E-state index contributed by atoms with van der Waals surface area (Å²) in [5, 5.41) is 3.24. The minimum Gasteiger partial charge on any atom is -0.467 e. The van der Waals surface area contributed by atoms with Gasteiger partial charge in [0, 0.05) is 26.6 Å². The van der Waals surface area contributed by atoms with Crippen LogP contribution in [0, 0.1) is 23.5 Å². The van der Waals surface area contributed by atoms with Crippen LogP contribution in [0.2, 0.25) is 0 Å². The average molecular weight is 351 g/mol. The highest BCUT2D eigenvalue weighted by Gasteiger charge is 2.31. The topological polar surface area (TPSA) is 37.4 Å². The maximum atomic E-state index is 14.7. The summed E-state index contributed by atoms with van der Waals surface area (Å²) in [6.45, 7) is 1.53. The smallest absolute Gasteiger partial charge is 0.256 e. The van der Waals surface area contributed by atoms with Crippen molar-refractivity contribution in [2.45, 2.75) is 12.5 Å². The number of hydrogen-bond acceptors (Lipinski definition) is 4. The quantitative estimate of drug-likeness (QED) is 0.839. The lowest BCUT2D eigenvalue weighted by molar-refractivity contribution is 0.129. The molecule has 0 amide bonds. The number of rotatable bonds is 5. The summed E-state index contributed by atoms with van der Waals surface area (Å²) in [7, 11) is 2.86. The van der Waals surface area contributed by atoms with Gasteiger partial charge in [-0.1, -0.05) is 30.3 Å². The molecule has 134 valence electrons. The van der Waals surface area contributed by atoms with Gasteiger partial charge in [0.25, 0.3) is 11.8 Å². The van der Waals surface area contributed by atoms with Crippen LogP contribution in [0.5, 0.6) is 5.88 Å². The van der Waals surface area contributed by atoms with Crippen LogP contribution in [0.4, 0.5) is 18.9 Å². The summed E-state index contributed by atoms with van der Waals surface area (Å²) in [5.41, 5.74) is 0.340. The van der Waals surface area contributed by atoms with Gasteiger partial charge >= 0.3 is 0 Å². The number of aromatic nitrogens is 1. The molecule has 1 aliphatic rings. The summed E-state index contributed by atoms with van der Waals surface area (Å²) in [4.78, 5) is 4.53. The lowest BCUT2D eigenvalue weighted by Crippen LogP contribution is -2.23. The Hall–Kier alpha value is -2.28. The molecule has 0 bridgehead atoms. The van der Waals surface area contributed by atoms with E-state index in [0.717, 1.165) is 23.4 Å². The number of benzene rings is 1. The van der Waals surface area contributed by atoms with Crippen molar-refractivity contribution in [3.8, 4) is 5.88 Å². The molecule has 2 atom stereocenters. The highest BCUT2D eigenvalue weighted by atomic mass is 19.2.